The fraction of sp³-hybridized carbons (Fsp3) is 0.160. The molecule has 1 fully saturated rings. The third-order valence-corrected chi connectivity index (χ3v) is 7.12. The average Bonchev–Trinajstić information content (AvgIpc) is 3.01. The normalized spacial score (nSPS) is 15.5. The van der Waals surface area contributed by atoms with Crippen LogP contribution in [0.3, 0.4) is 0 Å². The minimum absolute atomic E-state index is 0.0564. The van der Waals surface area contributed by atoms with E-state index < -0.39 is 11.8 Å². The first kappa shape index (κ1) is 22.4. The molecule has 5 nitrogen and oxygen atoms in total. The zero-order valence-corrected chi connectivity index (χ0v) is 21.2. The number of aromatic nitrogens is 1. The molecule has 32 heavy (non-hydrogen) atoms. The van der Waals surface area contributed by atoms with Crippen LogP contribution in [0.1, 0.15) is 28.1 Å². The maximum absolute atomic E-state index is 13.4. The van der Waals surface area contributed by atoms with Crippen LogP contribution in [0.5, 0.6) is 0 Å². The van der Waals surface area contributed by atoms with Crippen LogP contribution >= 0.6 is 34.8 Å². The van der Waals surface area contributed by atoms with Crippen molar-refractivity contribution < 1.29 is 9.59 Å². The van der Waals surface area contributed by atoms with Gasteiger partial charge in [-0.1, -0.05) is 18.2 Å². The zero-order chi connectivity index (χ0) is 23.2. The van der Waals surface area contributed by atoms with Crippen molar-refractivity contribution in [2.45, 2.75) is 27.7 Å². The van der Waals surface area contributed by atoms with Gasteiger partial charge in [-0.2, -0.15) is 0 Å². The number of para-hydroxylation sites is 1. The van der Waals surface area contributed by atoms with Crippen LogP contribution in [0.4, 0.5) is 5.69 Å². The summed E-state index contributed by atoms with van der Waals surface area (Å²) in [5.41, 5.74) is 6.64. The van der Waals surface area contributed by atoms with E-state index in [1.807, 2.05) is 51.1 Å². The smallest absolute Gasteiger partial charge is 0.270 e. The van der Waals surface area contributed by atoms with Crippen LogP contribution in [-0.4, -0.2) is 21.5 Å². The van der Waals surface area contributed by atoms with Crippen LogP contribution in [0.2, 0.25) is 0 Å². The van der Waals surface area contributed by atoms with E-state index in [9.17, 15) is 9.59 Å². The molecule has 1 N–H and O–H groups in total. The molecule has 162 valence electrons. The fourth-order valence-electron chi connectivity index (χ4n) is 3.95. The zero-order valence-electron chi connectivity index (χ0n) is 18.2. The number of benzene rings is 2. The van der Waals surface area contributed by atoms with Crippen LogP contribution < -0.4 is 10.2 Å². The Morgan fingerprint density at radius 1 is 0.969 bits per heavy atom. The highest BCUT2D eigenvalue weighted by Crippen LogP contribution is 2.28. The highest BCUT2D eigenvalue weighted by molar-refractivity contribution is 14.1. The molecule has 0 radical (unpaired) electrons. The Balaban J connectivity index is 1.78. The van der Waals surface area contributed by atoms with Gasteiger partial charge in [-0.05, 0) is 116 Å². The molecule has 0 spiro atoms. The molecule has 1 aromatic heterocycles. The van der Waals surface area contributed by atoms with E-state index in [0.29, 0.717) is 5.69 Å². The first-order valence-electron chi connectivity index (χ1n) is 10.1. The van der Waals surface area contributed by atoms with Crippen molar-refractivity contribution in [1.29, 1.82) is 0 Å². The van der Waals surface area contributed by atoms with Crippen LogP contribution in [0.25, 0.3) is 11.8 Å². The number of nitrogens with zero attached hydrogens (tertiary/aromatic N) is 2. The second-order valence-electron chi connectivity index (χ2n) is 7.84. The van der Waals surface area contributed by atoms with Crippen LogP contribution in [0.15, 0.2) is 54.1 Å². The number of carbonyl (C=O) groups is 2. The van der Waals surface area contributed by atoms with E-state index in [0.717, 1.165) is 28.2 Å². The summed E-state index contributed by atoms with van der Waals surface area (Å²) in [7, 11) is 0. The average molecular weight is 555 g/mol. The van der Waals surface area contributed by atoms with E-state index in [2.05, 4.69) is 57.6 Å². The maximum atomic E-state index is 13.4. The molecule has 2 aromatic carbocycles. The first-order valence-corrected chi connectivity index (χ1v) is 11.6. The summed E-state index contributed by atoms with van der Waals surface area (Å²) in [6.07, 6.45) is 1.66. The van der Waals surface area contributed by atoms with E-state index in [-0.39, 0.29) is 10.7 Å². The second-order valence-corrected chi connectivity index (χ2v) is 9.39. The Morgan fingerprint density at radius 2 is 1.69 bits per heavy atom. The lowest BCUT2D eigenvalue weighted by atomic mass is 10.1. The molecule has 1 aliphatic rings. The van der Waals surface area contributed by atoms with Gasteiger partial charge in [0, 0.05) is 20.6 Å². The molecule has 0 atom stereocenters. The van der Waals surface area contributed by atoms with Gasteiger partial charge in [0.1, 0.15) is 5.57 Å². The van der Waals surface area contributed by atoms with Gasteiger partial charge >= 0.3 is 0 Å². The predicted octanol–water partition coefficient (Wildman–Crippen LogP) is 5.15. The van der Waals surface area contributed by atoms with Crippen molar-refractivity contribution in [1.82, 2.24) is 9.88 Å². The quantitative estimate of drug-likeness (QED) is 0.211. The number of rotatable bonds is 3. The van der Waals surface area contributed by atoms with Gasteiger partial charge < -0.3 is 4.57 Å². The highest BCUT2D eigenvalue weighted by Gasteiger charge is 2.35. The minimum Gasteiger partial charge on any atom is -0.318 e. The standard InChI is InChI=1S/C25H22IN3O2S/c1-14-7-5-6-8-22(14)29-24(31)20(23(30)27-25(29)32)13-18-12-16(3)28(17(18)4)19-9-10-21(26)15(2)11-19/h5-13H,1-4H3,(H,27,30,32). The topological polar surface area (TPSA) is 54.3 Å². The third kappa shape index (κ3) is 3.91. The fourth-order valence-corrected chi connectivity index (χ4v) is 4.55. The number of nitrogens with one attached hydrogen (secondary N) is 1. The Morgan fingerprint density at radius 3 is 2.38 bits per heavy atom. The van der Waals surface area contributed by atoms with Crippen molar-refractivity contribution in [2.75, 3.05) is 4.90 Å². The Bertz CT molecular complexity index is 1320. The number of hydrogen-bond acceptors (Lipinski definition) is 3. The van der Waals surface area contributed by atoms with Crippen LogP contribution in [0, 0.1) is 31.3 Å². The Labute approximate surface area is 206 Å². The van der Waals surface area contributed by atoms with Crippen molar-refractivity contribution in [3.05, 3.63) is 85.8 Å². The molecule has 7 heteroatoms. The predicted molar refractivity (Wildman–Crippen MR) is 140 cm³/mol. The molecule has 0 aliphatic carbocycles. The van der Waals surface area contributed by atoms with E-state index >= 15 is 0 Å². The summed E-state index contributed by atoms with van der Waals surface area (Å²) < 4.78 is 3.33. The molecule has 3 aromatic rings. The second kappa shape index (κ2) is 8.63. The van der Waals surface area contributed by atoms with Gasteiger partial charge in [-0.25, -0.2) is 0 Å². The van der Waals surface area contributed by atoms with Gasteiger partial charge in [0.2, 0.25) is 0 Å². The third-order valence-electron chi connectivity index (χ3n) is 5.63. The molecular weight excluding hydrogens is 533 g/mol. The monoisotopic (exact) mass is 555 g/mol. The number of carbonyl (C=O) groups excluding carboxylic acids is 2. The summed E-state index contributed by atoms with van der Waals surface area (Å²) in [5, 5.41) is 2.75. The lowest BCUT2D eigenvalue weighted by molar-refractivity contribution is -0.122. The number of thiocarbonyl (C=S) groups is 1. The number of anilines is 1. The number of halogens is 1. The van der Waals surface area contributed by atoms with E-state index in [1.165, 1.54) is 14.0 Å². The molecule has 1 aliphatic heterocycles. The summed E-state index contributed by atoms with van der Waals surface area (Å²) >= 11 is 7.64. The van der Waals surface area contributed by atoms with Crippen molar-refractivity contribution in [3.8, 4) is 5.69 Å². The van der Waals surface area contributed by atoms with Crippen molar-refractivity contribution in [3.63, 3.8) is 0 Å². The lowest BCUT2D eigenvalue weighted by Crippen LogP contribution is -2.54. The SMILES string of the molecule is Cc1cc(-n2c(C)cc(C=C3C(=O)NC(=S)N(c4ccccc4C)C3=O)c2C)ccc1I. The molecule has 2 heterocycles. The molecule has 0 bridgehead atoms. The molecule has 1 saturated heterocycles. The van der Waals surface area contributed by atoms with Crippen molar-refractivity contribution >= 4 is 63.5 Å². The van der Waals surface area contributed by atoms with Gasteiger partial charge in [0.25, 0.3) is 11.8 Å². The summed E-state index contributed by atoms with van der Waals surface area (Å²) in [6.45, 7) is 7.99. The van der Waals surface area contributed by atoms with E-state index in [1.54, 1.807) is 6.08 Å². The number of hydrogen-bond donors (Lipinski definition) is 1. The summed E-state index contributed by atoms with van der Waals surface area (Å²) in [5.74, 6) is -0.914. The van der Waals surface area contributed by atoms with Crippen LogP contribution in [-0.2, 0) is 9.59 Å². The first-order chi connectivity index (χ1) is 15.2. The maximum Gasteiger partial charge on any atom is 0.270 e. The highest BCUT2D eigenvalue weighted by atomic mass is 127. The van der Waals surface area contributed by atoms with Gasteiger partial charge in [-0.15, -0.1) is 0 Å². The molecule has 4 rings (SSSR count). The van der Waals surface area contributed by atoms with Gasteiger partial charge in [0.05, 0.1) is 5.69 Å². The summed E-state index contributed by atoms with van der Waals surface area (Å²) in [4.78, 5) is 27.5. The Hall–Kier alpha value is -2.78. The summed E-state index contributed by atoms with van der Waals surface area (Å²) in [6, 6.07) is 15.7. The lowest BCUT2D eigenvalue weighted by Gasteiger charge is -2.30. The van der Waals surface area contributed by atoms with E-state index in [4.69, 9.17) is 12.2 Å². The number of aryl methyl sites for hydroxylation is 3. The van der Waals surface area contributed by atoms with Crippen molar-refractivity contribution in [2.24, 2.45) is 0 Å². The van der Waals surface area contributed by atoms with Gasteiger partial charge in [0.15, 0.2) is 5.11 Å². The largest absolute Gasteiger partial charge is 0.318 e. The molecule has 0 unspecified atom stereocenters. The number of amides is 2. The molecule has 2 amide bonds. The Kier molecular flexibility index (Phi) is 6.05. The minimum atomic E-state index is -0.486. The van der Waals surface area contributed by atoms with Gasteiger partial charge in [-0.3, -0.25) is 19.8 Å². The molecule has 0 saturated carbocycles. The molecular formula is C25H22IN3O2S.